The van der Waals surface area contributed by atoms with Crippen molar-refractivity contribution in [1.82, 2.24) is 0 Å². The molecule has 0 rings (SSSR count). The van der Waals surface area contributed by atoms with Crippen molar-refractivity contribution >= 4 is 23.9 Å². The van der Waals surface area contributed by atoms with Gasteiger partial charge in [-0.1, -0.05) is 0 Å². The number of aliphatic hydroxyl groups is 4. The van der Waals surface area contributed by atoms with Crippen molar-refractivity contribution in [2.45, 2.75) is 85.9 Å². The number of unbranched alkanes of at least 4 members (excludes halogenated alkanes) is 8. The standard InChI is InChI=1S/2C12H21O6.Ti/c2*13-9-11(15)17-7-5-3-1-2-4-6-8-18-12(16)10-14;/h2*7,13-14H,1-6,8-10H2;. The molecule has 0 fully saturated rings. The molecule has 0 aliphatic heterocycles. The minimum atomic E-state index is -1.10. The number of rotatable bonds is 24. The quantitative estimate of drug-likeness (QED) is 0.0547. The van der Waals surface area contributed by atoms with Gasteiger partial charge in [-0.05, 0) is 0 Å². The van der Waals surface area contributed by atoms with Gasteiger partial charge in [-0.15, -0.1) is 0 Å². The van der Waals surface area contributed by atoms with E-state index in [1.165, 1.54) is 0 Å². The van der Waals surface area contributed by atoms with Gasteiger partial charge in [-0.2, -0.15) is 0 Å². The molecule has 13 heteroatoms. The second-order valence-electron chi connectivity index (χ2n) is 8.31. The number of hydrogen-bond acceptors (Lipinski definition) is 12. The van der Waals surface area contributed by atoms with Crippen LogP contribution in [-0.4, -0.2) is 92.8 Å². The van der Waals surface area contributed by atoms with Crippen molar-refractivity contribution in [3.05, 3.63) is 0 Å². The Kier molecular flexibility index (Phi) is 23.7. The molecule has 2 unspecified atom stereocenters. The van der Waals surface area contributed by atoms with E-state index in [4.69, 9.17) is 39.4 Å². The Hall–Kier alpha value is -1.57. The summed E-state index contributed by atoms with van der Waals surface area (Å²) < 4.78 is 19.6. The van der Waals surface area contributed by atoms with E-state index in [0.717, 1.165) is 51.4 Å². The van der Waals surface area contributed by atoms with Crippen LogP contribution in [0, 0.1) is 0 Å². The first-order valence-corrected chi connectivity index (χ1v) is 14.6. The summed E-state index contributed by atoms with van der Waals surface area (Å²) in [6, 6.07) is 0. The number of carbonyl (C=O) groups is 4. The van der Waals surface area contributed by atoms with Gasteiger partial charge in [0.25, 0.3) is 0 Å². The van der Waals surface area contributed by atoms with E-state index in [2.05, 4.69) is 0 Å². The summed E-state index contributed by atoms with van der Waals surface area (Å²) in [6.45, 7) is -2.20. The van der Waals surface area contributed by atoms with Gasteiger partial charge in [0, 0.05) is 0 Å². The van der Waals surface area contributed by atoms with Crippen LogP contribution in [0.3, 0.4) is 0 Å². The average molecular weight is 570 g/mol. The normalized spacial score (nSPS) is 12.3. The fourth-order valence-electron chi connectivity index (χ4n) is 3.34. The molecule has 0 spiro atoms. The minimum absolute atomic E-state index is 0.261. The predicted octanol–water partition coefficient (Wildman–Crippen LogP) is 0.544. The van der Waals surface area contributed by atoms with Crippen molar-refractivity contribution in [3.63, 3.8) is 0 Å². The van der Waals surface area contributed by atoms with Crippen LogP contribution in [-0.2, 0) is 57.3 Å². The van der Waals surface area contributed by atoms with Gasteiger partial charge in [-0.3, -0.25) is 0 Å². The molecule has 0 amide bonds. The molecule has 37 heavy (non-hydrogen) atoms. The Balaban J connectivity index is 4.47. The molecule has 0 aromatic heterocycles. The molecule has 12 nitrogen and oxygen atoms in total. The van der Waals surface area contributed by atoms with Crippen molar-refractivity contribution < 1.29 is 77.7 Å². The Bertz CT molecular complexity index is 579. The molecule has 0 bridgehead atoms. The zero-order valence-electron chi connectivity index (χ0n) is 21.4. The number of ether oxygens (including phenoxy) is 4. The van der Waals surface area contributed by atoms with Crippen molar-refractivity contribution in [2.24, 2.45) is 0 Å². The van der Waals surface area contributed by atoms with E-state index in [0.29, 0.717) is 25.7 Å². The number of hydrogen-bond donors (Lipinski definition) is 4. The van der Waals surface area contributed by atoms with E-state index < -0.39 is 78.3 Å². The Morgan fingerprint density at radius 2 is 0.811 bits per heavy atom. The molecule has 0 aliphatic carbocycles. The van der Waals surface area contributed by atoms with Gasteiger partial charge in [0.1, 0.15) is 0 Å². The van der Waals surface area contributed by atoms with Gasteiger partial charge >= 0.3 is 227 Å². The van der Waals surface area contributed by atoms with Crippen LogP contribution in [0.2, 0.25) is 0 Å². The summed E-state index contributed by atoms with van der Waals surface area (Å²) in [5, 5.41) is 35.4. The molecule has 214 valence electrons. The van der Waals surface area contributed by atoms with Crippen LogP contribution in [0.4, 0.5) is 0 Å². The number of esters is 4. The van der Waals surface area contributed by atoms with Crippen LogP contribution in [0.5, 0.6) is 0 Å². The zero-order valence-corrected chi connectivity index (χ0v) is 23.0. The Labute approximate surface area is 226 Å². The Morgan fingerprint density at radius 1 is 0.486 bits per heavy atom. The van der Waals surface area contributed by atoms with Gasteiger partial charge in [0.05, 0.1) is 0 Å². The van der Waals surface area contributed by atoms with E-state index in [-0.39, 0.29) is 13.2 Å². The third-order valence-corrected chi connectivity index (χ3v) is 7.61. The third kappa shape index (κ3) is 22.2. The maximum absolute atomic E-state index is 11.7. The topological polar surface area (TPSA) is 186 Å². The second kappa shape index (κ2) is 24.8. The van der Waals surface area contributed by atoms with Crippen LogP contribution >= 0.6 is 0 Å². The van der Waals surface area contributed by atoms with Crippen LogP contribution < -0.4 is 0 Å². The molecule has 0 saturated heterocycles. The fraction of sp³-hybridized carbons (Fsp3) is 0.833. The first kappa shape index (κ1) is 35.4. The van der Waals surface area contributed by atoms with Crippen LogP contribution in [0.15, 0.2) is 0 Å². The molecule has 0 radical (unpaired) electrons. The first-order valence-electron chi connectivity index (χ1n) is 12.8. The maximum atomic E-state index is 11.7. The van der Waals surface area contributed by atoms with Crippen molar-refractivity contribution in [2.75, 3.05) is 39.6 Å². The number of aliphatic hydroxyl groups excluding tert-OH is 4. The molecule has 0 aliphatic rings. The van der Waals surface area contributed by atoms with Gasteiger partial charge in [-0.25, -0.2) is 0 Å². The molecule has 0 aromatic carbocycles. The summed E-state index contributed by atoms with van der Waals surface area (Å²) in [7, 11) is 0. The van der Waals surface area contributed by atoms with Crippen LogP contribution in [0.25, 0.3) is 0 Å². The van der Waals surface area contributed by atoms with E-state index in [1.54, 1.807) is 0 Å². The third-order valence-electron chi connectivity index (χ3n) is 5.18. The number of carbonyl (C=O) groups excluding carboxylic acids is 4. The summed E-state index contributed by atoms with van der Waals surface area (Å²) >= 11 is -1.10. The van der Waals surface area contributed by atoms with E-state index in [1.807, 2.05) is 0 Å². The summed E-state index contributed by atoms with van der Waals surface area (Å²) in [6.07, 6.45) is 9.26. The predicted molar refractivity (Wildman–Crippen MR) is 125 cm³/mol. The van der Waals surface area contributed by atoms with Gasteiger partial charge in [0.15, 0.2) is 0 Å². The van der Waals surface area contributed by atoms with Crippen molar-refractivity contribution in [1.29, 1.82) is 0 Å². The van der Waals surface area contributed by atoms with Gasteiger partial charge in [0.2, 0.25) is 0 Å². The molecule has 0 heterocycles. The molecule has 0 aromatic rings. The monoisotopic (exact) mass is 570 g/mol. The summed E-state index contributed by atoms with van der Waals surface area (Å²) in [4.78, 5) is 45.2. The van der Waals surface area contributed by atoms with Crippen molar-refractivity contribution in [3.8, 4) is 0 Å². The molecule has 2 atom stereocenters. The van der Waals surface area contributed by atoms with Gasteiger partial charge < -0.3 is 0 Å². The summed E-state index contributed by atoms with van der Waals surface area (Å²) in [5.41, 5.74) is 0. The molecular formula is C24H42O12Ti. The SMILES string of the molecule is O=C(CO)OCCCCCCC[CH](OC(=O)CO)[Ti][CH](CCCCCCCOC(=O)CO)OC(=O)CO. The fourth-order valence-corrected chi connectivity index (χ4v) is 5.77. The zero-order chi connectivity index (χ0) is 27.7. The van der Waals surface area contributed by atoms with Crippen LogP contribution in [0.1, 0.15) is 77.0 Å². The average Bonchev–Trinajstić information content (AvgIpc) is 2.90. The molecule has 4 N–H and O–H groups in total. The Morgan fingerprint density at radius 3 is 1.16 bits per heavy atom. The van der Waals surface area contributed by atoms with E-state index >= 15 is 0 Å². The second-order valence-corrected chi connectivity index (χ2v) is 10.8. The first-order chi connectivity index (χ1) is 17.9. The molecule has 0 saturated carbocycles. The summed E-state index contributed by atoms with van der Waals surface area (Å²) in [5.74, 6) is -2.74. The van der Waals surface area contributed by atoms with E-state index in [9.17, 15) is 19.2 Å². The molecular weight excluding hydrogens is 528 g/mol.